The highest BCUT2D eigenvalue weighted by molar-refractivity contribution is 6.29. The number of allylic oxidation sites excluding steroid dienone is 2. The first kappa shape index (κ1) is 15.3. The van der Waals surface area contributed by atoms with Crippen LogP contribution in [0.5, 0.6) is 0 Å². The van der Waals surface area contributed by atoms with Crippen LogP contribution in [0.15, 0.2) is 34.1 Å². The van der Waals surface area contributed by atoms with Gasteiger partial charge in [-0.3, -0.25) is 9.59 Å². The number of halogens is 1. The van der Waals surface area contributed by atoms with E-state index < -0.39 is 0 Å². The van der Waals surface area contributed by atoms with Gasteiger partial charge in [0, 0.05) is 39.8 Å². The average Bonchev–Trinajstić information content (AvgIpc) is 2.38. The summed E-state index contributed by atoms with van der Waals surface area (Å²) in [5.41, 5.74) is 2.83. The first-order valence-corrected chi connectivity index (χ1v) is 7.01. The van der Waals surface area contributed by atoms with Crippen molar-refractivity contribution < 1.29 is 4.79 Å². The molecular weight excluding hydrogens is 288 g/mol. The number of hydrogen-bond acceptors (Lipinski definition) is 2. The second kappa shape index (κ2) is 6.14. The lowest BCUT2D eigenvalue weighted by Gasteiger charge is -2.08. The summed E-state index contributed by atoms with van der Waals surface area (Å²) >= 11 is 5.83. The number of nitrogens with one attached hydrogen (secondary N) is 2. The van der Waals surface area contributed by atoms with E-state index in [0.29, 0.717) is 28.1 Å². The Morgan fingerprint density at radius 2 is 2.10 bits per heavy atom. The Morgan fingerprint density at radius 1 is 1.38 bits per heavy atom. The summed E-state index contributed by atoms with van der Waals surface area (Å²) in [6, 6.07) is 5.25. The molecule has 1 aromatic heterocycles. The van der Waals surface area contributed by atoms with E-state index in [1.807, 2.05) is 13.0 Å². The van der Waals surface area contributed by atoms with Gasteiger partial charge in [0.25, 0.3) is 0 Å². The number of fused-ring (bicyclic) bond motifs is 1. The van der Waals surface area contributed by atoms with Gasteiger partial charge in [0.15, 0.2) is 5.43 Å². The van der Waals surface area contributed by atoms with Crippen LogP contribution in [0, 0.1) is 6.92 Å². The Labute approximate surface area is 127 Å². The molecule has 0 fully saturated rings. The Kier molecular flexibility index (Phi) is 4.48. The highest BCUT2D eigenvalue weighted by Gasteiger charge is 2.09. The molecule has 0 aliphatic heterocycles. The van der Waals surface area contributed by atoms with E-state index >= 15 is 0 Å². The van der Waals surface area contributed by atoms with Crippen molar-refractivity contribution in [2.75, 3.05) is 5.32 Å². The first-order valence-electron chi connectivity index (χ1n) is 6.64. The number of aromatic amines is 1. The molecule has 0 radical (unpaired) electrons. The molecule has 2 aromatic rings. The average molecular weight is 305 g/mol. The predicted molar refractivity (Wildman–Crippen MR) is 86.9 cm³/mol. The monoisotopic (exact) mass is 304 g/mol. The van der Waals surface area contributed by atoms with Gasteiger partial charge in [-0.15, -0.1) is 0 Å². The van der Waals surface area contributed by atoms with Gasteiger partial charge in [0.1, 0.15) is 0 Å². The standard InChI is InChI=1S/C16H17ClN2O2/c1-9(17)4-6-13-10(2)18-15-7-5-12(19-11(3)20)8-14(15)16(13)21/h4-5,7-8H,6H2,1-3H3,(H,18,21)(H,19,20). The quantitative estimate of drug-likeness (QED) is 0.912. The van der Waals surface area contributed by atoms with Crippen molar-refractivity contribution >= 4 is 34.1 Å². The largest absolute Gasteiger partial charge is 0.358 e. The second-order valence-corrected chi connectivity index (χ2v) is 5.59. The number of pyridine rings is 1. The predicted octanol–water partition coefficient (Wildman–Crippen LogP) is 3.48. The molecule has 0 atom stereocenters. The molecule has 0 bridgehead atoms. The Balaban J connectivity index is 2.59. The molecule has 1 heterocycles. The summed E-state index contributed by atoms with van der Waals surface area (Å²) in [6.45, 7) is 5.08. The van der Waals surface area contributed by atoms with E-state index in [4.69, 9.17) is 11.6 Å². The van der Waals surface area contributed by atoms with Crippen LogP contribution in [-0.4, -0.2) is 10.9 Å². The summed E-state index contributed by atoms with van der Waals surface area (Å²) in [7, 11) is 0. The molecule has 0 aliphatic carbocycles. The lowest BCUT2D eigenvalue weighted by Crippen LogP contribution is -2.13. The number of aromatic nitrogens is 1. The topological polar surface area (TPSA) is 62.0 Å². The molecule has 2 N–H and O–H groups in total. The van der Waals surface area contributed by atoms with Crippen LogP contribution in [-0.2, 0) is 11.2 Å². The van der Waals surface area contributed by atoms with Crippen molar-refractivity contribution in [3.8, 4) is 0 Å². The van der Waals surface area contributed by atoms with Crippen LogP contribution in [0.4, 0.5) is 5.69 Å². The number of carbonyl (C=O) groups is 1. The van der Waals surface area contributed by atoms with Crippen LogP contribution in [0.1, 0.15) is 25.1 Å². The van der Waals surface area contributed by atoms with Crippen LogP contribution < -0.4 is 10.7 Å². The molecule has 110 valence electrons. The minimum atomic E-state index is -0.168. The number of carbonyl (C=O) groups excluding carboxylic acids is 1. The molecule has 0 saturated carbocycles. The normalized spacial score (nSPS) is 11.7. The third-order valence-electron chi connectivity index (χ3n) is 3.22. The van der Waals surface area contributed by atoms with E-state index in [1.54, 1.807) is 25.1 Å². The maximum absolute atomic E-state index is 12.6. The molecular formula is C16H17ClN2O2. The Bertz CT molecular complexity index is 787. The number of rotatable bonds is 3. The van der Waals surface area contributed by atoms with Crippen LogP contribution in [0.2, 0.25) is 0 Å². The molecule has 0 aliphatic rings. The maximum Gasteiger partial charge on any atom is 0.221 e. The van der Waals surface area contributed by atoms with Crippen molar-refractivity contribution in [1.29, 1.82) is 0 Å². The van der Waals surface area contributed by atoms with Gasteiger partial charge < -0.3 is 10.3 Å². The molecule has 1 amide bonds. The minimum absolute atomic E-state index is 0.0392. The Morgan fingerprint density at radius 3 is 2.71 bits per heavy atom. The molecule has 0 saturated heterocycles. The summed E-state index contributed by atoms with van der Waals surface area (Å²) in [5, 5.41) is 3.90. The van der Waals surface area contributed by atoms with Crippen molar-refractivity contribution in [3.63, 3.8) is 0 Å². The summed E-state index contributed by atoms with van der Waals surface area (Å²) < 4.78 is 0. The Hall–Kier alpha value is -2.07. The van der Waals surface area contributed by atoms with Crippen molar-refractivity contribution in [2.45, 2.75) is 27.2 Å². The van der Waals surface area contributed by atoms with Crippen molar-refractivity contribution in [3.05, 3.63) is 50.8 Å². The fraction of sp³-hybridized carbons (Fsp3) is 0.250. The van der Waals surface area contributed by atoms with E-state index in [0.717, 1.165) is 11.2 Å². The number of anilines is 1. The highest BCUT2D eigenvalue weighted by Crippen LogP contribution is 2.17. The van der Waals surface area contributed by atoms with E-state index in [2.05, 4.69) is 10.3 Å². The van der Waals surface area contributed by atoms with E-state index in [1.165, 1.54) is 6.92 Å². The third kappa shape index (κ3) is 3.52. The molecule has 2 rings (SSSR count). The number of hydrogen-bond donors (Lipinski definition) is 2. The SMILES string of the molecule is CC(=O)Nc1ccc2[nH]c(C)c(CC=C(C)Cl)c(=O)c2c1. The van der Waals surface area contributed by atoms with Gasteiger partial charge in [-0.25, -0.2) is 0 Å². The zero-order chi connectivity index (χ0) is 15.6. The van der Waals surface area contributed by atoms with Crippen LogP contribution in [0.3, 0.4) is 0 Å². The first-order chi connectivity index (χ1) is 9.88. The lowest BCUT2D eigenvalue weighted by molar-refractivity contribution is -0.114. The molecule has 0 spiro atoms. The highest BCUT2D eigenvalue weighted by atomic mass is 35.5. The van der Waals surface area contributed by atoms with Gasteiger partial charge in [-0.2, -0.15) is 0 Å². The van der Waals surface area contributed by atoms with Crippen molar-refractivity contribution in [2.24, 2.45) is 0 Å². The fourth-order valence-corrected chi connectivity index (χ4v) is 2.30. The zero-order valence-electron chi connectivity index (χ0n) is 12.2. The number of amides is 1. The smallest absolute Gasteiger partial charge is 0.221 e. The summed E-state index contributed by atoms with van der Waals surface area (Å²) in [5.74, 6) is -0.168. The van der Waals surface area contributed by atoms with Crippen molar-refractivity contribution in [1.82, 2.24) is 4.98 Å². The molecule has 4 nitrogen and oxygen atoms in total. The molecule has 21 heavy (non-hydrogen) atoms. The van der Waals surface area contributed by atoms with Crippen LogP contribution >= 0.6 is 11.6 Å². The summed E-state index contributed by atoms with van der Waals surface area (Å²) in [4.78, 5) is 26.9. The van der Waals surface area contributed by atoms with Gasteiger partial charge in [-0.05, 0) is 38.5 Å². The zero-order valence-corrected chi connectivity index (χ0v) is 13.0. The minimum Gasteiger partial charge on any atom is -0.358 e. The van der Waals surface area contributed by atoms with Crippen LogP contribution in [0.25, 0.3) is 10.9 Å². The number of aryl methyl sites for hydroxylation is 1. The second-order valence-electron chi connectivity index (χ2n) is 4.99. The van der Waals surface area contributed by atoms with Gasteiger partial charge >= 0.3 is 0 Å². The van der Waals surface area contributed by atoms with E-state index in [9.17, 15) is 9.59 Å². The summed E-state index contributed by atoms with van der Waals surface area (Å²) in [6.07, 6.45) is 2.29. The number of H-pyrrole nitrogens is 1. The van der Waals surface area contributed by atoms with Gasteiger partial charge in [0.05, 0.1) is 0 Å². The molecule has 5 heteroatoms. The number of benzene rings is 1. The van der Waals surface area contributed by atoms with Gasteiger partial charge in [-0.1, -0.05) is 17.7 Å². The van der Waals surface area contributed by atoms with E-state index in [-0.39, 0.29) is 11.3 Å². The fourth-order valence-electron chi connectivity index (χ4n) is 2.22. The van der Waals surface area contributed by atoms with Gasteiger partial charge in [0.2, 0.25) is 5.91 Å². The lowest BCUT2D eigenvalue weighted by atomic mass is 10.1. The molecule has 0 unspecified atom stereocenters. The molecule has 1 aromatic carbocycles. The maximum atomic E-state index is 12.6. The third-order valence-corrected chi connectivity index (χ3v) is 3.38.